The van der Waals surface area contributed by atoms with E-state index in [9.17, 15) is 9.59 Å². The monoisotopic (exact) mass is 484 g/mol. The Bertz CT molecular complexity index is 945. The molecular formula is C20H18Cl2N2O2S3. The first-order valence-electron chi connectivity index (χ1n) is 8.98. The van der Waals surface area contributed by atoms with Gasteiger partial charge in [-0.15, -0.1) is 11.3 Å². The van der Waals surface area contributed by atoms with Crippen molar-refractivity contribution in [2.24, 2.45) is 0 Å². The summed E-state index contributed by atoms with van der Waals surface area (Å²) in [5.74, 6) is -0.137. The van der Waals surface area contributed by atoms with Crippen LogP contribution in [0, 0.1) is 0 Å². The van der Waals surface area contributed by atoms with Crippen LogP contribution in [0.2, 0.25) is 10.0 Å². The quantitative estimate of drug-likeness (QED) is 0.265. The number of thiophene rings is 1. The molecule has 0 spiro atoms. The molecule has 1 N–H and O–H groups in total. The third-order valence-corrected chi connectivity index (χ3v) is 6.93. The summed E-state index contributed by atoms with van der Waals surface area (Å²) < 4.78 is 0.591. The summed E-state index contributed by atoms with van der Waals surface area (Å²) in [5.41, 5.74) is 0.552. The number of thioether (sulfide) groups is 1. The number of hydrogen-bond donors (Lipinski definition) is 1. The molecule has 1 aliphatic rings. The van der Waals surface area contributed by atoms with Crippen LogP contribution in [0.3, 0.4) is 0 Å². The number of benzene rings is 1. The Kier molecular flexibility index (Phi) is 8.15. The number of nitrogens with zero attached hydrogens (tertiary/aromatic N) is 1. The Morgan fingerprint density at radius 1 is 1.21 bits per heavy atom. The van der Waals surface area contributed by atoms with E-state index >= 15 is 0 Å². The van der Waals surface area contributed by atoms with E-state index in [1.54, 1.807) is 34.4 Å². The van der Waals surface area contributed by atoms with Crippen molar-refractivity contribution >= 4 is 86.4 Å². The van der Waals surface area contributed by atoms with E-state index in [4.69, 9.17) is 35.4 Å². The maximum Gasteiger partial charge on any atom is 0.266 e. The van der Waals surface area contributed by atoms with Crippen LogP contribution in [0.4, 0.5) is 5.69 Å². The summed E-state index contributed by atoms with van der Waals surface area (Å²) in [6.07, 6.45) is 4.60. The number of rotatable bonds is 8. The van der Waals surface area contributed by atoms with E-state index in [0.717, 1.165) is 24.1 Å². The van der Waals surface area contributed by atoms with Gasteiger partial charge in [0, 0.05) is 22.9 Å². The molecule has 0 bridgehead atoms. The van der Waals surface area contributed by atoms with Crippen LogP contribution in [0.1, 0.15) is 30.6 Å². The van der Waals surface area contributed by atoms with Crippen molar-refractivity contribution in [2.45, 2.75) is 25.7 Å². The molecule has 1 aliphatic heterocycles. The minimum atomic E-state index is -0.0984. The highest BCUT2D eigenvalue weighted by Gasteiger charge is 2.31. The lowest BCUT2D eigenvalue weighted by molar-refractivity contribution is -0.122. The fourth-order valence-corrected chi connectivity index (χ4v) is 5.22. The normalized spacial score (nSPS) is 15.4. The molecule has 1 saturated heterocycles. The minimum Gasteiger partial charge on any atom is -0.325 e. The topological polar surface area (TPSA) is 49.4 Å². The Labute approximate surface area is 193 Å². The van der Waals surface area contributed by atoms with Crippen molar-refractivity contribution < 1.29 is 9.59 Å². The van der Waals surface area contributed by atoms with Crippen LogP contribution in [0.15, 0.2) is 40.6 Å². The van der Waals surface area contributed by atoms with Gasteiger partial charge in [-0.1, -0.05) is 59.7 Å². The summed E-state index contributed by atoms with van der Waals surface area (Å²) in [4.78, 5) is 28.0. The molecule has 2 amide bonds. The van der Waals surface area contributed by atoms with Crippen molar-refractivity contribution in [3.63, 3.8) is 0 Å². The van der Waals surface area contributed by atoms with Gasteiger partial charge in [0.1, 0.15) is 4.32 Å². The summed E-state index contributed by atoms with van der Waals surface area (Å²) in [6.45, 7) is 0.567. The number of thiocarbonyl (C=S) groups is 1. The highest BCUT2D eigenvalue weighted by Crippen LogP contribution is 2.33. The van der Waals surface area contributed by atoms with Crippen molar-refractivity contribution in [2.75, 3.05) is 11.9 Å². The molecule has 4 nitrogen and oxygen atoms in total. The van der Waals surface area contributed by atoms with Gasteiger partial charge < -0.3 is 5.32 Å². The van der Waals surface area contributed by atoms with E-state index in [-0.39, 0.29) is 11.8 Å². The standard InChI is InChI=1S/C20H18Cl2N2O2S3/c21-13-7-8-16(15(22)11-13)23-18(25)6-2-1-3-9-24-19(26)17(29-20(24)27)12-14-5-4-10-28-14/h4-5,7-8,10-12H,1-3,6,9H2,(H,23,25)/b17-12+. The number of nitrogens with one attached hydrogen (secondary N) is 1. The molecule has 2 aromatic rings. The lowest BCUT2D eigenvalue weighted by atomic mass is 10.1. The molecule has 0 saturated carbocycles. The smallest absolute Gasteiger partial charge is 0.266 e. The predicted octanol–water partition coefficient (Wildman–Crippen LogP) is 6.46. The fraction of sp³-hybridized carbons (Fsp3) is 0.250. The first-order valence-corrected chi connectivity index (χ1v) is 11.8. The third-order valence-electron chi connectivity index (χ3n) is 4.18. The fourth-order valence-electron chi connectivity index (χ4n) is 2.73. The Hall–Kier alpha value is -1.38. The number of anilines is 1. The largest absolute Gasteiger partial charge is 0.325 e. The van der Waals surface area contributed by atoms with Gasteiger partial charge in [0.05, 0.1) is 15.6 Å². The number of amides is 2. The average Bonchev–Trinajstić information content (AvgIpc) is 3.27. The van der Waals surface area contributed by atoms with Gasteiger partial charge in [0.15, 0.2) is 0 Å². The second kappa shape index (κ2) is 10.6. The van der Waals surface area contributed by atoms with E-state index in [1.165, 1.54) is 11.8 Å². The highest BCUT2D eigenvalue weighted by molar-refractivity contribution is 8.26. The minimum absolute atomic E-state index is 0.0384. The van der Waals surface area contributed by atoms with Crippen molar-refractivity contribution in [3.05, 3.63) is 55.5 Å². The van der Waals surface area contributed by atoms with Gasteiger partial charge in [0.2, 0.25) is 5.91 Å². The third kappa shape index (κ3) is 6.30. The van der Waals surface area contributed by atoms with Gasteiger partial charge in [-0.3, -0.25) is 14.5 Å². The van der Waals surface area contributed by atoms with Crippen LogP contribution in [-0.2, 0) is 9.59 Å². The molecule has 2 heterocycles. The molecule has 1 aromatic carbocycles. The zero-order chi connectivity index (χ0) is 20.8. The van der Waals surface area contributed by atoms with Crippen molar-refractivity contribution in [1.29, 1.82) is 0 Å². The van der Waals surface area contributed by atoms with Gasteiger partial charge in [0.25, 0.3) is 5.91 Å². The molecule has 29 heavy (non-hydrogen) atoms. The zero-order valence-corrected chi connectivity index (χ0v) is 19.3. The molecule has 9 heteroatoms. The number of carbonyl (C=O) groups is 2. The van der Waals surface area contributed by atoms with Crippen LogP contribution < -0.4 is 5.32 Å². The van der Waals surface area contributed by atoms with Crippen LogP contribution in [0.5, 0.6) is 0 Å². The van der Waals surface area contributed by atoms with Crippen LogP contribution in [-0.4, -0.2) is 27.6 Å². The van der Waals surface area contributed by atoms with Gasteiger partial charge in [-0.05, 0) is 48.6 Å². The van der Waals surface area contributed by atoms with Crippen LogP contribution in [0.25, 0.3) is 6.08 Å². The molecule has 0 atom stereocenters. The second-order valence-electron chi connectivity index (χ2n) is 6.33. The number of hydrogen-bond acceptors (Lipinski definition) is 5. The van der Waals surface area contributed by atoms with Crippen molar-refractivity contribution in [3.8, 4) is 0 Å². The Balaban J connectivity index is 1.39. The summed E-state index contributed by atoms with van der Waals surface area (Å²) in [7, 11) is 0. The molecule has 1 aromatic heterocycles. The van der Waals surface area contributed by atoms with Gasteiger partial charge in [-0.2, -0.15) is 0 Å². The number of carbonyl (C=O) groups excluding carboxylic acids is 2. The lowest BCUT2D eigenvalue weighted by Crippen LogP contribution is -2.29. The lowest BCUT2D eigenvalue weighted by Gasteiger charge is -2.14. The molecule has 3 rings (SSSR count). The Morgan fingerprint density at radius 2 is 2.03 bits per heavy atom. The molecule has 1 fully saturated rings. The van der Waals surface area contributed by atoms with E-state index in [0.29, 0.717) is 37.9 Å². The SMILES string of the molecule is O=C(CCCCCN1C(=O)/C(=C\c2cccs2)SC1=S)Nc1ccc(Cl)cc1Cl. The molecule has 152 valence electrons. The maximum atomic E-state index is 12.5. The number of halogens is 2. The van der Waals surface area contributed by atoms with Crippen LogP contribution >= 0.6 is 58.5 Å². The van der Waals surface area contributed by atoms with Gasteiger partial charge >= 0.3 is 0 Å². The summed E-state index contributed by atoms with van der Waals surface area (Å²) in [6, 6.07) is 8.88. The first-order chi connectivity index (χ1) is 13.9. The summed E-state index contributed by atoms with van der Waals surface area (Å²) in [5, 5.41) is 5.70. The second-order valence-corrected chi connectivity index (χ2v) is 9.83. The zero-order valence-electron chi connectivity index (χ0n) is 15.3. The average molecular weight is 485 g/mol. The highest BCUT2D eigenvalue weighted by atomic mass is 35.5. The van der Waals surface area contributed by atoms with Crippen molar-refractivity contribution in [1.82, 2.24) is 4.90 Å². The number of unbranched alkanes of at least 4 members (excludes halogenated alkanes) is 2. The molecule has 0 aliphatic carbocycles. The molecule has 0 radical (unpaired) electrons. The predicted molar refractivity (Wildman–Crippen MR) is 128 cm³/mol. The Morgan fingerprint density at radius 3 is 2.76 bits per heavy atom. The first kappa shape index (κ1) is 22.3. The summed E-state index contributed by atoms with van der Waals surface area (Å²) >= 11 is 20.2. The van der Waals surface area contributed by atoms with E-state index < -0.39 is 0 Å². The van der Waals surface area contributed by atoms with E-state index in [2.05, 4.69) is 5.32 Å². The molecular weight excluding hydrogens is 467 g/mol. The molecule has 0 unspecified atom stereocenters. The van der Waals surface area contributed by atoms with Gasteiger partial charge in [-0.25, -0.2) is 0 Å². The maximum absolute atomic E-state index is 12.5. The van der Waals surface area contributed by atoms with E-state index in [1.807, 2.05) is 23.6 Å².